The molecule has 0 aromatic carbocycles. The molecule has 0 N–H and O–H groups in total. The van der Waals surface area contributed by atoms with Crippen LogP contribution in [0.4, 0.5) is 0 Å². The monoisotopic (exact) mass is 358 g/mol. The predicted molar refractivity (Wildman–Crippen MR) is 99.3 cm³/mol. The summed E-state index contributed by atoms with van der Waals surface area (Å²) in [7, 11) is 0. The number of carbonyl (C=O) groups is 1. The Hall–Kier alpha value is -1.59. The third kappa shape index (κ3) is 4.33. The van der Waals surface area contributed by atoms with Crippen molar-refractivity contribution in [3.63, 3.8) is 0 Å². The van der Waals surface area contributed by atoms with E-state index in [0.29, 0.717) is 31.1 Å². The van der Waals surface area contributed by atoms with Gasteiger partial charge in [-0.3, -0.25) is 9.69 Å². The second-order valence-electron chi connectivity index (χ2n) is 7.27. The van der Waals surface area contributed by atoms with Crippen molar-refractivity contribution >= 4 is 17.2 Å². The average Bonchev–Trinajstić information content (AvgIpc) is 3.06. The summed E-state index contributed by atoms with van der Waals surface area (Å²) >= 11 is 1.75. The first-order chi connectivity index (χ1) is 12.3. The molecule has 2 aromatic rings. The summed E-state index contributed by atoms with van der Waals surface area (Å²) in [5.74, 6) is 1.22. The minimum absolute atomic E-state index is 0.303. The molecule has 0 aliphatic heterocycles. The summed E-state index contributed by atoms with van der Waals surface area (Å²) in [6, 6.07) is 9.09. The van der Waals surface area contributed by atoms with Crippen LogP contribution in [0.25, 0.3) is 0 Å². The molecule has 0 unspecified atom stereocenters. The normalized spacial score (nSPS) is 18.1. The van der Waals surface area contributed by atoms with Crippen molar-refractivity contribution < 1.29 is 9.21 Å². The SMILES string of the molecule is O=C(CN(Cc1ccco1)Cc1cccs1)N(C1CCCC1)C1CC1. The number of rotatable bonds is 8. The van der Waals surface area contributed by atoms with Gasteiger partial charge in [-0.1, -0.05) is 18.9 Å². The first-order valence-electron chi connectivity index (χ1n) is 9.38. The summed E-state index contributed by atoms with van der Waals surface area (Å²) < 4.78 is 5.52. The molecule has 0 bridgehead atoms. The van der Waals surface area contributed by atoms with Gasteiger partial charge in [0.2, 0.25) is 5.91 Å². The Bertz CT molecular complexity index is 622. The molecule has 134 valence electrons. The van der Waals surface area contributed by atoms with E-state index in [0.717, 1.165) is 12.3 Å². The zero-order valence-corrected chi connectivity index (χ0v) is 15.4. The molecule has 2 saturated carbocycles. The van der Waals surface area contributed by atoms with Gasteiger partial charge in [-0.05, 0) is 49.3 Å². The highest BCUT2D eigenvalue weighted by atomic mass is 32.1. The molecule has 4 nitrogen and oxygen atoms in total. The molecule has 0 atom stereocenters. The topological polar surface area (TPSA) is 36.7 Å². The maximum Gasteiger partial charge on any atom is 0.237 e. The van der Waals surface area contributed by atoms with Crippen LogP contribution in [0.5, 0.6) is 0 Å². The van der Waals surface area contributed by atoms with Crippen LogP contribution in [0.1, 0.15) is 49.2 Å². The fraction of sp³-hybridized carbons (Fsp3) is 0.550. The van der Waals surface area contributed by atoms with Crippen molar-refractivity contribution in [2.45, 2.75) is 63.7 Å². The minimum Gasteiger partial charge on any atom is -0.468 e. The molecular formula is C20H26N2O2S. The van der Waals surface area contributed by atoms with Crippen molar-refractivity contribution in [2.75, 3.05) is 6.54 Å². The Kier molecular flexibility index (Phi) is 5.22. The zero-order valence-electron chi connectivity index (χ0n) is 14.6. The Labute approximate surface area is 153 Å². The van der Waals surface area contributed by atoms with Crippen LogP contribution in [0.3, 0.4) is 0 Å². The Morgan fingerprint density at radius 2 is 1.88 bits per heavy atom. The van der Waals surface area contributed by atoms with Crippen LogP contribution < -0.4 is 0 Å². The first kappa shape index (κ1) is 16.9. The fourth-order valence-electron chi connectivity index (χ4n) is 3.93. The molecule has 25 heavy (non-hydrogen) atoms. The maximum absolute atomic E-state index is 13.1. The van der Waals surface area contributed by atoms with Crippen molar-refractivity contribution in [3.05, 3.63) is 46.5 Å². The highest BCUT2D eigenvalue weighted by Crippen LogP contribution is 2.34. The standard InChI is InChI=1S/C20H26N2O2S/c23-20(22(17-9-10-17)16-5-1-2-6-16)15-21(13-18-7-3-11-24-18)14-19-8-4-12-25-19/h3-4,7-8,11-12,16-17H,1-2,5-6,9-10,13-15H2. The van der Waals surface area contributed by atoms with Crippen molar-refractivity contribution in [1.29, 1.82) is 0 Å². The molecule has 0 saturated heterocycles. The van der Waals surface area contributed by atoms with Gasteiger partial charge in [-0.25, -0.2) is 0 Å². The number of amides is 1. The highest BCUT2D eigenvalue weighted by molar-refractivity contribution is 7.09. The number of nitrogens with zero attached hydrogens (tertiary/aromatic N) is 2. The minimum atomic E-state index is 0.303. The summed E-state index contributed by atoms with van der Waals surface area (Å²) in [6.07, 6.45) is 8.99. The van der Waals surface area contributed by atoms with E-state index in [1.54, 1.807) is 17.6 Å². The third-order valence-corrected chi connectivity index (χ3v) is 6.09. The van der Waals surface area contributed by atoms with Gasteiger partial charge in [0.05, 0.1) is 19.4 Å². The van der Waals surface area contributed by atoms with Gasteiger partial charge >= 0.3 is 0 Å². The lowest BCUT2D eigenvalue weighted by Gasteiger charge is -2.31. The summed E-state index contributed by atoms with van der Waals surface area (Å²) in [6.45, 7) is 1.96. The third-order valence-electron chi connectivity index (χ3n) is 5.22. The van der Waals surface area contributed by atoms with Gasteiger partial charge < -0.3 is 9.32 Å². The quantitative estimate of drug-likeness (QED) is 0.707. The van der Waals surface area contributed by atoms with Crippen LogP contribution in [-0.2, 0) is 17.9 Å². The van der Waals surface area contributed by atoms with E-state index in [-0.39, 0.29) is 0 Å². The molecule has 2 aromatic heterocycles. The van der Waals surface area contributed by atoms with Gasteiger partial charge in [0.1, 0.15) is 5.76 Å². The van der Waals surface area contributed by atoms with Crippen LogP contribution in [0, 0.1) is 0 Å². The predicted octanol–water partition coefficient (Wildman–Crippen LogP) is 4.28. The van der Waals surface area contributed by atoms with Crippen LogP contribution >= 0.6 is 11.3 Å². The zero-order chi connectivity index (χ0) is 17.1. The molecule has 1 amide bonds. The molecule has 2 aliphatic rings. The van der Waals surface area contributed by atoms with Crippen molar-refractivity contribution in [2.24, 2.45) is 0 Å². The smallest absolute Gasteiger partial charge is 0.237 e. The second kappa shape index (κ2) is 7.75. The lowest BCUT2D eigenvalue weighted by molar-refractivity contribution is -0.135. The Balaban J connectivity index is 1.45. The van der Waals surface area contributed by atoms with E-state index in [4.69, 9.17) is 4.42 Å². The van der Waals surface area contributed by atoms with Crippen LogP contribution in [-0.4, -0.2) is 34.3 Å². The number of hydrogen-bond acceptors (Lipinski definition) is 4. The second-order valence-corrected chi connectivity index (χ2v) is 8.31. The average molecular weight is 359 g/mol. The van der Waals surface area contributed by atoms with E-state index < -0.39 is 0 Å². The molecule has 5 heteroatoms. The Morgan fingerprint density at radius 3 is 2.52 bits per heavy atom. The molecule has 0 spiro atoms. The highest BCUT2D eigenvalue weighted by Gasteiger charge is 2.38. The van der Waals surface area contributed by atoms with Crippen LogP contribution in [0.2, 0.25) is 0 Å². The molecular weight excluding hydrogens is 332 g/mol. The summed E-state index contributed by atoms with van der Waals surface area (Å²) in [5.41, 5.74) is 0. The van der Waals surface area contributed by atoms with Gasteiger partial charge in [0.25, 0.3) is 0 Å². The fourth-order valence-corrected chi connectivity index (χ4v) is 4.67. The van der Waals surface area contributed by atoms with E-state index in [1.165, 1.54) is 43.4 Å². The molecule has 2 heterocycles. The maximum atomic E-state index is 13.1. The summed E-state index contributed by atoms with van der Waals surface area (Å²) in [4.78, 5) is 18.9. The summed E-state index contributed by atoms with van der Waals surface area (Å²) in [5, 5.41) is 2.09. The van der Waals surface area contributed by atoms with Crippen molar-refractivity contribution in [3.8, 4) is 0 Å². The Morgan fingerprint density at radius 1 is 1.08 bits per heavy atom. The first-order valence-corrected chi connectivity index (χ1v) is 10.3. The van der Waals surface area contributed by atoms with E-state index in [9.17, 15) is 4.79 Å². The van der Waals surface area contributed by atoms with Gasteiger partial charge in [-0.2, -0.15) is 0 Å². The van der Waals surface area contributed by atoms with E-state index in [2.05, 4.69) is 27.3 Å². The van der Waals surface area contributed by atoms with Gasteiger partial charge in [0.15, 0.2) is 0 Å². The number of thiophene rings is 1. The number of hydrogen-bond donors (Lipinski definition) is 0. The number of furan rings is 1. The van der Waals surface area contributed by atoms with Gasteiger partial charge in [0, 0.05) is 23.5 Å². The van der Waals surface area contributed by atoms with E-state index >= 15 is 0 Å². The van der Waals surface area contributed by atoms with Gasteiger partial charge in [-0.15, -0.1) is 11.3 Å². The molecule has 2 aliphatic carbocycles. The van der Waals surface area contributed by atoms with Crippen molar-refractivity contribution in [1.82, 2.24) is 9.80 Å². The lowest BCUT2D eigenvalue weighted by Crippen LogP contribution is -2.45. The van der Waals surface area contributed by atoms with Crippen LogP contribution in [0.15, 0.2) is 40.3 Å². The molecule has 2 fully saturated rings. The largest absolute Gasteiger partial charge is 0.468 e. The molecule has 0 radical (unpaired) electrons. The molecule has 4 rings (SSSR count). The van der Waals surface area contributed by atoms with E-state index in [1.807, 2.05) is 12.1 Å². The lowest BCUT2D eigenvalue weighted by atomic mass is 10.2. The number of carbonyl (C=O) groups excluding carboxylic acids is 1.